The first-order valence-corrected chi connectivity index (χ1v) is 10.2. The summed E-state index contributed by atoms with van der Waals surface area (Å²) in [5.74, 6) is 0.0353. The lowest BCUT2D eigenvalue weighted by Gasteiger charge is -2.24. The quantitative estimate of drug-likeness (QED) is 0.509. The molecule has 1 aromatic heterocycles. The van der Waals surface area contributed by atoms with Gasteiger partial charge in [-0.2, -0.15) is 0 Å². The van der Waals surface area contributed by atoms with E-state index in [1.165, 1.54) is 16.3 Å². The van der Waals surface area contributed by atoms with Crippen LogP contribution in [-0.2, 0) is 11.3 Å². The van der Waals surface area contributed by atoms with Gasteiger partial charge in [-0.05, 0) is 45.4 Å². The highest BCUT2D eigenvalue weighted by Crippen LogP contribution is 2.21. The molecule has 1 heterocycles. The summed E-state index contributed by atoms with van der Waals surface area (Å²) < 4.78 is 2.22. The zero-order valence-electron chi connectivity index (χ0n) is 15.4. The summed E-state index contributed by atoms with van der Waals surface area (Å²) in [6.07, 6.45) is 0.116. The molecule has 0 aliphatic rings. The first-order chi connectivity index (χ1) is 12.1. The van der Waals surface area contributed by atoms with Crippen molar-refractivity contribution >= 4 is 44.5 Å². The predicted octanol–water partition coefficient (Wildman–Crippen LogP) is 2.94. The standard InChI is InChI=1S/C18H24BrN3O3S/c1-5-18(3,4)21-15(24)10-26-17-20-14-7-6-12(19)8-13(14)16(25)22(17)9-11(2)23/h6-8,11,23H,5,9-10H2,1-4H3,(H,21,24). The lowest BCUT2D eigenvalue weighted by molar-refractivity contribution is -0.120. The van der Waals surface area contributed by atoms with E-state index in [0.717, 1.165) is 10.9 Å². The molecule has 0 aliphatic heterocycles. The number of halogens is 1. The summed E-state index contributed by atoms with van der Waals surface area (Å²) >= 11 is 4.56. The van der Waals surface area contributed by atoms with Crippen LogP contribution in [0.2, 0.25) is 0 Å². The first kappa shape index (κ1) is 20.9. The predicted molar refractivity (Wildman–Crippen MR) is 109 cm³/mol. The van der Waals surface area contributed by atoms with E-state index in [2.05, 4.69) is 26.2 Å². The summed E-state index contributed by atoms with van der Waals surface area (Å²) in [6, 6.07) is 5.30. The zero-order chi connectivity index (χ0) is 19.5. The van der Waals surface area contributed by atoms with E-state index < -0.39 is 6.10 Å². The Morgan fingerprint density at radius 2 is 2.15 bits per heavy atom. The molecule has 26 heavy (non-hydrogen) atoms. The number of nitrogens with one attached hydrogen (secondary N) is 1. The molecule has 1 aromatic carbocycles. The van der Waals surface area contributed by atoms with Gasteiger partial charge in [0.15, 0.2) is 5.16 Å². The Morgan fingerprint density at radius 1 is 1.46 bits per heavy atom. The number of carbonyl (C=O) groups is 1. The third kappa shape index (κ3) is 5.31. The molecule has 2 N–H and O–H groups in total. The van der Waals surface area contributed by atoms with Crippen molar-refractivity contribution in [1.82, 2.24) is 14.9 Å². The first-order valence-electron chi connectivity index (χ1n) is 8.45. The van der Waals surface area contributed by atoms with Crippen molar-refractivity contribution in [2.24, 2.45) is 0 Å². The number of benzene rings is 1. The fraction of sp³-hybridized carbons (Fsp3) is 0.500. The number of carbonyl (C=O) groups excluding carboxylic acids is 1. The number of rotatable bonds is 7. The molecule has 0 saturated carbocycles. The summed E-state index contributed by atoms with van der Waals surface area (Å²) in [6.45, 7) is 7.67. The second kappa shape index (κ2) is 8.54. The number of hydrogen-bond acceptors (Lipinski definition) is 5. The minimum Gasteiger partial charge on any atom is -0.392 e. The van der Waals surface area contributed by atoms with Crippen LogP contribution < -0.4 is 10.9 Å². The number of amides is 1. The Kier molecular flexibility index (Phi) is 6.87. The molecule has 0 spiro atoms. The van der Waals surface area contributed by atoms with Gasteiger partial charge in [0.25, 0.3) is 5.56 Å². The van der Waals surface area contributed by atoms with Crippen molar-refractivity contribution in [1.29, 1.82) is 0 Å². The topological polar surface area (TPSA) is 84.2 Å². The number of hydrogen-bond donors (Lipinski definition) is 2. The van der Waals surface area contributed by atoms with Gasteiger partial charge in [-0.15, -0.1) is 0 Å². The Morgan fingerprint density at radius 3 is 2.77 bits per heavy atom. The van der Waals surface area contributed by atoms with E-state index in [1.807, 2.05) is 26.8 Å². The summed E-state index contributed by atoms with van der Waals surface area (Å²) in [7, 11) is 0. The van der Waals surface area contributed by atoms with Crippen LogP contribution in [0.3, 0.4) is 0 Å². The van der Waals surface area contributed by atoms with Gasteiger partial charge in [0.2, 0.25) is 5.91 Å². The van der Waals surface area contributed by atoms with Gasteiger partial charge in [0.1, 0.15) is 0 Å². The normalized spacial score (nSPS) is 13.0. The smallest absolute Gasteiger partial charge is 0.262 e. The zero-order valence-corrected chi connectivity index (χ0v) is 17.8. The number of aliphatic hydroxyl groups excluding tert-OH is 1. The van der Waals surface area contributed by atoms with Crippen LogP contribution in [0.4, 0.5) is 0 Å². The average molecular weight is 442 g/mol. The van der Waals surface area contributed by atoms with E-state index in [0.29, 0.717) is 16.1 Å². The Balaban J connectivity index is 2.34. The molecule has 0 saturated heterocycles. The van der Waals surface area contributed by atoms with Gasteiger partial charge < -0.3 is 10.4 Å². The van der Waals surface area contributed by atoms with Crippen LogP contribution in [-0.4, -0.2) is 38.0 Å². The maximum Gasteiger partial charge on any atom is 0.262 e. The molecule has 1 unspecified atom stereocenters. The molecule has 1 atom stereocenters. The Labute approximate surface area is 165 Å². The minimum absolute atomic E-state index is 0.115. The summed E-state index contributed by atoms with van der Waals surface area (Å²) in [5.41, 5.74) is 0.0610. The molecule has 1 amide bonds. The van der Waals surface area contributed by atoms with Crippen LogP contribution in [0, 0.1) is 0 Å². The van der Waals surface area contributed by atoms with Crippen LogP contribution in [0.15, 0.2) is 32.6 Å². The highest BCUT2D eigenvalue weighted by molar-refractivity contribution is 9.10. The molecule has 0 fully saturated rings. The van der Waals surface area contributed by atoms with Crippen molar-refractivity contribution in [3.8, 4) is 0 Å². The summed E-state index contributed by atoms with van der Waals surface area (Å²) in [4.78, 5) is 29.6. The van der Waals surface area contributed by atoms with Gasteiger partial charge in [0, 0.05) is 10.0 Å². The van der Waals surface area contributed by atoms with Crippen molar-refractivity contribution in [2.45, 2.75) is 57.5 Å². The highest BCUT2D eigenvalue weighted by atomic mass is 79.9. The largest absolute Gasteiger partial charge is 0.392 e. The molecular formula is C18H24BrN3O3S. The third-order valence-corrected chi connectivity index (χ3v) is 5.49. The van der Waals surface area contributed by atoms with E-state index in [9.17, 15) is 14.7 Å². The SMILES string of the molecule is CCC(C)(C)NC(=O)CSc1nc2ccc(Br)cc2c(=O)n1CC(C)O. The molecule has 0 radical (unpaired) electrons. The average Bonchev–Trinajstić information content (AvgIpc) is 2.56. The molecule has 142 valence electrons. The number of nitrogens with zero attached hydrogens (tertiary/aromatic N) is 2. The third-order valence-electron chi connectivity index (χ3n) is 4.02. The van der Waals surface area contributed by atoms with Crippen molar-refractivity contribution in [3.05, 3.63) is 33.0 Å². The number of fused-ring (bicyclic) bond motifs is 1. The van der Waals surface area contributed by atoms with Gasteiger partial charge in [-0.1, -0.05) is 34.6 Å². The maximum absolute atomic E-state index is 12.8. The van der Waals surface area contributed by atoms with Gasteiger partial charge in [-0.25, -0.2) is 4.98 Å². The van der Waals surface area contributed by atoms with Crippen LogP contribution >= 0.6 is 27.7 Å². The molecule has 0 bridgehead atoms. The maximum atomic E-state index is 12.8. The molecule has 8 heteroatoms. The molecule has 6 nitrogen and oxygen atoms in total. The second-order valence-corrected chi connectivity index (χ2v) is 8.75. The van der Waals surface area contributed by atoms with Crippen molar-refractivity contribution in [3.63, 3.8) is 0 Å². The van der Waals surface area contributed by atoms with E-state index in [1.54, 1.807) is 19.1 Å². The number of aliphatic hydroxyl groups is 1. The fourth-order valence-electron chi connectivity index (χ4n) is 2.34. The summed E-state index contributed by atoms with van der Waals surface area (Å²) in [5, 5.41) is 13.6. The van der Waals surface area contributed by atoms with Gasteiger partial charge in [-0.3, -0.25) is 14.2 Å². The van der Waals surface area contributed by atoms with E-state index in [-0.39, 0.29) is 29.3 Å². The molecular weight excluding hydrogens is 418 g/mol. The van der Waals surface area contributed by atoms with Gasteiger partial charge >= 0.3 is 0 Å². The fourth-order valence-corrected chi connectivity index (χ4v) is 3.51. The molecule has 2 rings (SSSR count). The van der Waals surface area contributed by atoms with Crippen LogP contribution in [0.1, 0.15) is 34.1 Å². The molecule has 0 aliphatic carbocycles. The Bertz CT molecular complexity index is 865. The van der Waals surface area contributed by atoms with Gasteiger partial charge in [0.05, 0.1) is 29.3 Å². The highest BCUT2D eigenvalue weighted by Gasteiger charge is 2.19. The van der Waals surface area contributed by atoms with Crippen LogP contribution in [0.25, 0.3) is 10.9 Å². The lowest BCUT2D eigenvalue weighted by atomic mass is 10.0. The monoisotopic (exact) mass is 441 g/mol. The lowest BCUT2D eigenvalue weighted by Crippen LogP contribution is -2.43. The van der Waals surface area contributed by atoms with Crippen LogP contribution in [0.5, 0.6) is 0 Å². The number of aromatic nitrogens is 2. The Hall–Kier alpha value is -1.38. The second-order valence-electron chi connectivity index (χ2n) is 6.89. The number of thioether (sulfide) groups is 1. The van der Waals surface area contributed by atoms with E-state index in [4.69, 9.17) is 0 Å². The van der Waals surface area contributed by atoms with E-state index >= 15 is 0 Å². The minimum atomic E-state index is -0.702. The van der Waals surface area contributed by atoms with Crippen molar-refractivity contribution < 1.29 is 9.90 Å². The van der Waals surface area contributed by atoms with Crippen molar-refractivity contribution in [2.75, 3.05) is 5.75 Å². The molecule has 2 aromatic rings.